The maximum absolute atomic E-state index is 8.56. The highest BCUT2D eigenvalue weighted by Gasteiger charge is 2.05. The van der Waals surface area contributed by atoms with Crippen molar-refractivity contribution in [1.29, 1.82) is 5.26 Å². The molecule has 0 aromatic heterocycles. The Labute approximate surface area is 117 Å². The monoisotopic (exact) mass is 272 g/mol. The van der Waals surface area contributed by atoms with Gasteiger partial charge in [-0.3, -0.25) is 0 Å². The zero-order valence-electron chi connectivity index (χ0n) is 10.3. The van der Waals surface area contributed by atoms with E-state index in [0.29, 0.717) is 23.7 Å². The lowest BCUT2D eigenvalue weighted by molar-refractivity contribution is 0.484. The molecule has 1 N–H and O–H groups in total. The molecule has 0 fully saturated rings. The molecule has 2 aromatic carbocycles. The molecule has 0 heterocycles. The molecule has 0 amide bonds. The van der Waals surface area contributed by atoms with Crippen molar-refractivity contribution in [3.8, 4) is 17.6 Å². The highest BCUT2D eigenvalue weighted by molar-refractivity contribution is 6.30. The normalized spacial score (nSPS) is 9.68. The third-order valence-corrected chi connectivity index (χ3v) is 2.70. The molecule has 0 radical (unpaired) electrons. The number of hydrogen-bond donors (Lipinski definition) is 1. The van der Waals surface area contributed by atoms with Gasteiger partial charge < -0.3 is 10.1 Å². The Balaban J connectivity index is 2.17. The highest BCUT2D eigenvalue weighted by Crippen LogP contribution is 2.31. The lowest BCUT2D eigenvalue weighted by atomic mass is 10.2. The minimum Gasteiger partial charge on any atom is -0.455 e. The van der Waals surface area contributed by atoms with Crippen molar-refractivity contribution in [3.05, 3.63) is 53.6 Å². The SMILES string of the molecule is N#CCCNc1cc(Cl)ccc1Oc1ccccc1. The van der Waals surface area contributed by atoms with Crippen molar-refractivity contribution < 1.29 is 4.74 Å². The van der Waals surface area contributed by atoms with Crippen molar-refractivity contribution in [2.45, 2.75) is 6.42 Å². The Hall–Kier alpha value is -2.18. The number of benzene rings is 2. The van der Waals surface area contributed by atoms with Crippen molar-refractivity contribution >= 4 is 17.3 Å². The van der Waals surface area contributed by atoms with Crippen LogP contribution in [0.25, 0.3) is 0 Å². The van der Waals surface area contributed by atoms with Crippen LogP contribution in [0.5, 0.6) is 11.5 Å². The van der Waals surface area contributed by atoms with Gasteiger partial charge in [-0.15, -0.1) is 0 Å². The molecule has 19 heavy (non-hydrogen) atoms. The number of halogens is 1. The summed E-state index contributed by atoms with van der Waals surface area (Å²) in [6.45, 7) is 0.558. The predicted molar refractivity (Wildman–Crippen MR) is 76.7 cm³/mol. The summed E-state index contributed by atoms with van der Waals surface area (Å²) in [4.78, 5) is 0. The Bertz CT molecular complexity index is 578. The first-order valence-corrected chi connectivity index (χ1v) is 6.30. The molecule has 2 aromatic rings. The van der Waals surface area contributed by atoms with Crippen LogP contribution in [0.15, 0.2) is 48.5 Å². The van der Waals surface area contributed by atoms with E-state index in [2.05, 4.69) is 11.4 Å². The van der Waals surface area contributed by atoms with E-state index in [1.165, 1.54) is 0 Å². The number of para-hydroxylation sites is 1. The van der Waals surface area contributed by atoms with Crippen LogP contribution in [0.4, 0.5) is 5.69 Å². The first kappa shape index (κ1) is 13.3. The summed E-state index contributed by atoms with van der Waals surface area (Å²) in [6, 6.07) is 17.0. The van der Waals surface area contributed by atoms with Gasteiger partial charge in [0.1, 0.15) is 5.75 Å². The van der Waals surface area contributed by atoms with Gasteiger partial charge in [-0.25, -0.2) is 0 Å². The molecular formula is C15H13ClN2O. The average Bonchev–Trinajstić information content (AvgIpc) is 2.43. The van der Waals surface area contributed by atoms with Gasteiger partial charge in [0, 0.05) is 11.6 Å². The second kappa shape index (κ2) is 6.67. The van der Waals surface area contributed by atoms with E-state index in [0.717, 1.165) is 11.4 Å². The fourth-order valence-electron chi connectivity index (χ4n) is 1.60. The van der Waals surface area contributed by atoms with E-state index in [4.69, 9.17) is 21.6 Å². The standard InChI is InChI=1S/C15H13ClN2O/c16-12-7-8-15(14(11-12)18-10-4-9-17)19-13-5-2-1-3-6-13/h1-3,5-8,11,18H,4,10H2. The summed E-state index contributed by atoms with van der Waals surface area (Å²) >= 11 is 5.97. The Kier molecular flexibility index (Phi) is 4.66. The molecule has 3 nitrogen and oxygen atoms in total. The van der Waals surface area contributed by atoms with E-state index in [-0.39, 0.29) is 0 Å². The van der Waals surface area contributed by atoms with Gasteiger partial charge in [0.05, 0.1) is 18.2 Å². The molecule has 0 bridgehead atoms. The van der Waals surface area contributed by atoms with E-state index in [1.807, 2.05) is 36.4 Å². The minimum absolute atomic E-state index is 0.428. The zero-order valence-corrected chi connectivity index (χ0v) is 11.0. The fourth-order valence-corrected chi connectivity index (χ4v) is 1.77. The molecule has 2 rings (SSSR count). The summed E-state index contributed by atoms with van der Waals surface area (Å²) in [5.41, 5.74) is 0.784. The predicted octanol–water partition coefficient (Wildman–Crippen LogP) is 4.46. The maximum atomic E-state index is 8.56. The summed E-state index contributed by atoms with van der Waals surface area (Å²) in [5, 5.41) is 12.3. The molecule has 0 saturated heterocycles. The molecule has 0 atom stereocenters. The van der Waals surface area contributed by atoms with Crippen molar-refractivity contribution in [2.24, 2.45) is 0 Å². The summed E-state index contributed by atoms with van der Waals surface area (Å²) in [5.74, 6) is 1.45. The molecule has 96 valence electrons. The lowest BCUT2D eigenvalue weighted by Gasteiger charge is -2.12. The van der Waals surface area contributed by atoms with Gasteiger partial charge in [0.15, 0.2) is 5.75 Å². The quantitative estimate of drug-likeness (QED) is 0.818. The largest absolute Gasteiger partial charge is 0.455 e. The van der Waals surface area contributed by atoms with Crippen LogP contribution in [0.1, 0.15) is 6.42 Å². The highest BCUT2D eigenvalue weighted by atomic mass is 35.5. The van der Waals surface area contributed by atoms with Crippen LogP contribution in [-0.4, -0.2) is 6.54 Å². The smallest absolute Gasteiger partial charge is 0.150 e. The summed E-state index contributed by atoms with van der Waals surface area (Å²) < 4.78 is 5.79. The van der Waals surface area contributed by atoms with E-state index in [1.54, 1.807) is 12.1 Å². The number of nitriles is 1. The van der Waals surface area contributed by atoms with E-state index >= 15 is 0 Å². The Morgan fingerprint density at radius 3 is 2.68 bits per heavy atom. The summed E-state index contributed by atoms with van der Waals surface area (Å²) in [7, 11) is 0. The van der Waals surface area contributed by atoms with Crippen LogP contribution < -0.4 is 10.1 Å². The van der Waals surface area contributed by atoms with Gasteiger partial charge in [0.2, 0.25) is 0 Å². The second-order valence-corrected chi connectivity index (χ2v) is 4.33. The molecule has 0 saturated carbocycles. The second-order valence-electron chi connectivity index (χ2n) is 3.89. The average molecular weight is 273 g/mol. The topological polar surface area (TPSA) is 45.0 Å². The third-order valence-electron chi connectivity index (χ3n) is 2.46. The molecule has 0 aliphatic heterocycles. The number of rotatable bonds is 5. The Morgan fingerprint density at radius 1 is 1.16 bits per heavy atom. The van der Waals surface area contributed by atoms with Gasteiger partial charge >= 0.3 is 0 Å². The molecule has 0 spiro atoms. The van der Waals surface area contributed by atoms with Gasteiger partial charge in [-0.1, -0.05) is 29.8 Å². The molecule has 0 unspecified atom stereocenters. The number of nitrogens with zero attached hydrogens (tertiary/aromatic N) is 1. The first-order valence-electron chi connectivity index (χ1n) is 5.93. The van der Waals surface area contributed by atoms with Crippen molar-refractivity contribution in [3.63, 3.8) is 0 Å². The van der Waals surface area contributed by atoms with Gasteiger partial charge in [-0.2, -0.15) is 5.26 Å². The number of anilines is 1. The van der Waals surface area contributed by atoms with Crippen molar-refractivity contribution in [1.82, 2.24) is 0 Å². The maximum Gasteiger partial charge on any atom is 0.150 e. The minimum atomic E-state index is 0.428. The first-order chi connectivity index (χ1) is 9.29. The molecular weight excluding hydrogens is 260 g/mol. The zero-order chi connectivity index (χ0) is 13.5. The number of hydrogen-bond acceptors (Lipinski definition) is 3. The van der Waals surface area contributed by atoms with Crippen LogP contribution in [0.2, 0.25) is 5.02 Å². The van der Waals surface area contributed by atoms with E-state index in [9.17, 15) is 0 Å². The molecule has 0 aliphatic carbocycles. The van der Waals surface area contributed by atoms with Crippen LogP contribution >= 0.6 is 11.6 Å². The van der Waals surface area contributed by atoms with Crippen LogP contribution in [-0.2, 0) is 0 Å². The number of ether oxygens (including phenoxy) is 1. The van der Waals surface area contributed by atoms with Gasteiger partial charge in [-0.05, 0) is 30.3 Å². The fraction of sp³-hybridized carbons (Fsp3) is 0.133. The molecule has 0 aliphatic rings. The molecule has 4 heteroatoms. The Morgan fingerprint density at radius 2 is 1.95 bits per heavy atom. The van der Waals surface area contributed by atoms with E-state index < -0.39 is 0 Å². The van der Waals surface area contributed by atoms with Crippen molar-refractivity contribution in [2.75, 3.05) is 11.9 Å². The third kappa shape index (κ3) is 3.90. The van der Waals surface area contributed by atoms with Crippen LogP contribution in [0.3, 0.4) is 0 Å². The number of nitrogens with one attached hydrogen (secondary N) is 1. The van der Waals surface area contributed by atoms with Gasteiger partial charge in [0.25, 0.3) is 0 Å². The lowest BCUT2D eigenvalue weighted by Crippen LogP contribution is -2.02. The summed E-state index contributed by atoms with van der Waals surface area (Å²) in [6.07, 6.45) is 0.428. The van der Waals surface area contributed by atoms with Crippen LogP contribution in [0, 0.1) is 11.3 Å².